The number of fused-ring (bicyclic) bond motifs is 1. The molecule has 0 bridgehead atoms. The Morgan fingerprint density at radius 3 is 2.95 bits per heavy atom. The van der Waals surface area contributed by atoms with Gasteiger partial charge in [-0.15, -0.1) is 0 Å². The summed E-state index contributed by atoms with van der Waals surface area (Å²) in [6.45, 7) is 3.90. The molecule has 1 aromatic carbocycles. The normalized spacial score (nSPS) is 16.4. The molecule has 1 aliphatic heterocycles. The SMILES string of the molecule is COCC(=O)Nc1ccc2c(c1)OCC(C)(C)C(=O)N2. The van der Waals surface area contributed by atoms with Gasteiger partial charge in [-0.1, -0.05) is 0 Å². The van der Waals surface area contributed by atoms with Crippen molar-refractivity contribution in [3.8, 4) is 5.75 Å². The van der Waals surface area contributed by atoms with Gasteiger partial charge < -0.3 is 20.1 Å². The van der Waals surface area contributed by atoms with Gasteiger partial charge in [0.15, 0.2) is 0 Å². The van der Waals surface area contributed by atoms with Gasteiger partial charge in [0.1, 0.15) is 19.0 Å². The summed E-state index contributed by atoms with van der Waals surface area (Å²) < 4.78 is 10.4. The second kappa shape index (κ2) is 5.50. The predicted molar refractivity (Wildman–Crippen MR) is 74.9 cm³/mol. The summed E-state index contributed by atoms with van der Waals surface area (Å²) in [5, 5.41) is 5.51. The lowest BCUT2D eigenvalue weighted by molar-refractivity contribution is -0.125. The fourth-order valence-corrected chi connectivity index (χ4v) is 1.77. The number of ether oxygens (including phenoxy) is 2. The van der Waals surface area contributed by atoms with Crippen LogP contribution in [-0.2, 0) is 14.3 Å². The van der Waals surface area contributed by atoms with Crippen LogP contribution in [0.25, 0.3) is 0 Å². The Bertz CT molecular complexity index is 540. The summed E-state index contributed by atoms with van der Waals surface area (Å²) in [6.07, 6.45) is 0. The van der Waals surface area contributed by atoms with E-state index in [1.807, 2.05) is 13.8 Å². The minimum atomic E-state index is -0.599. The van der Waals surface area contributed by atoms with Gasteiger partial charge in [-0.05, 0) is 26.0 Å². The summed E-state index contributed by atoms with van der Waals surface area (Å²) >= 11 is 0. The van der Waals surface area contributed by atoms with Crippen LogP contribution in [0.4, 0.5) is 11.4 Å². The number of hydrogen-bond donors (Lipinski definition) is 2. The van der Waals surface area contributed by atoms with E-state index in [0.29, 0.717) is 17.1 Å². The first kappa shape index (κ1) is 14.3. The molecule has 0 fully saturated rings. The van der Waals surface area contributed by atoms with Gasteiger partial charge in [0, 0.05) is 18.9 Å². The maximum Gasteiger partial charge on any atom is 0.250 e. The Morgan fingerprint density at radius 2 is 2.25 bits per heavy atom. The number of rotatable bonds is 3. The Kier molecular flexibility index (Phi) is 3.94. The topological polar surface area (TPSA) is 76.7 Å². The Labute approximate surface area is 117 Å². The van der Waals surface area contributed by atoms with Crippen molar-refractivity contribution >= 4 is 23.2 Å². The lowest BCUT2D eigenvalue weighted by Gasteiger charge is -2.18. The first-order chi connectivity index (χ1) is 9.42. The first-order valence-corrected chi connectivity index (χ1v) is 6.29. The third-order valence-corrected chi connectivity index (χ3v) is 2.99. The third kappa shape index (κ3) is 3.08. The first-order valence-electron chi connectivity index (χ1n) is 6.29. The molecule has 20 heavy (non-hydrogen) atoms. The number of carbonyl (C=O) groups is 2. The molecular formula is C14H18N2O4. The quantitative estimate of drug-likeness (QED) is 0.881. The Morgan fingerprint density at radius 1 is 1.50 bits per heavy atom. The van der Waals surface area contributed by atoms with Crippen LogP contribution in [0.1, 0.15) is 13.8 Å². The third-order valence-electron chi connectivity index (χ3n) is 2.99. The van der Waals surface area contributed by atoms with Crippen molar-refractivity contribution < 1.29 is 19.1 Å². The van der Waals surface area contributed by atoms with Crippen LogP contribution in [0.3, 0.4) is 0 Å². The molecule has 0 atom stereocenters. The lowest BCUT2D eigenvalue weighted by Crippen LogP contribution is -2.33. The summed E-state index contributed by atoms with van der Waals surface area (Å²) in [5.41, 5.74) is 0.600. The molecule has 0 spiro atoms. The van der Waals surface area contributed by atoms with Gasteiger partial charge in [-0.2, -0.15) is 0 Å². The predicted octanol–water partition coefficient (Wildman–Crippen LogP) is 1.63. The van der Waals surface area contributed by atoms with Crippen molar-refractivity contribution in [1.82, 2.24) is 0 Å². The number of methoxy groups -OCH3 is 1. The summed E-state index contributed by atoms with van der Waals surface area (Å²) in [5.74, 6) is 0.206. The molecule has 0 saturated heterocycles. The van der Waals surface area contributed by atoms with Crippen LogP contribution in [0.15, 0.2) is 18.2 Å². The smallest absolute Gasteiger partial charge is 0.250 e. The maximum absolute atomic E-state index is 12.0. The van der Waals surface area contributed by atoms with E-state index >= 15 is 0 Å². The highest BCUT2D eigenvalue weighted by Gasteiger charge is 2.32. The summed E-state index contributed by atoms with van der Waals surface area (Å²) in [4.78, 5) is 23.4. The van der Waals surface area contributed by atoms with E-state index in [0.717, 1.165) is 0 Å². The highest BCUT2D eigenvalue weighted by atomic mass is 16.5. The van der Waals surface area contributed by atoms with Crippen LogP contribution in [0.2, 0.25) is 0 Å². The van der Waals surface area contributed by atoms with E-state index in [2.05, 4.69) is 10.6 Å². The molecule has 1 heterocycles. The van der Waals surface area contributed by atoms with Gasteiger partial charge >= 0.3 is 0 Å². The van der Waals surface area contributed by atoms with E-state index in [1.54, 1.807) is 18.2 Å². The molecule has 0 unspecified atom stereocenters. The van der Waals surface area contributed by atoms with Crippen LogP contribution in [-0.4, -0.2) is 32.1 Å². The second-order valence-corrected chi connectivity index (χ2v) is 5.32. The van der Waals surface area contributed by atoms with Crippen LogP contribution in [0.5, 0.6) is 5.75 Å². The van der Waals surface area contributed by atoms with Crippen molar-refractivity contribution in [2.75, 3.05) is 31.0 Å². The molecule has 0 aromatic heterocycles. The van der Waals surface area contributed by atoms with Crippen molar-refractivity contribution in [3.63, 3.8) is 0 Å². The molecule has 6 heteroatoms. The van der Waals surface area contributed by atoms with Crippen molar-refractivity contribution in [2.45, 2.75) is 13.8 Å². The zero-order valence-corrected chi connectivity index (χ0v) is 11.8. The molecule has 0 aliphatic carbocycles. The maximum atomic E-state index is 12.0. The van der Waals surface area contributed by atoms with Crippen LogP contribution >= 0.6 is 0 Å². The van der Waals surface area contributed by atoms with E-state index < -0.39 is 5.41 Å². The zero-order chi connectivity index (χ0) is 14.8. The van der Waals surface area contributed by atoms with Gasteiger partial charge in [-0.3, -0.25) is 9.59 Å². The van der Waals surface area contributed by atoms with Gasteiger partial charge in [-0.25, -0.2) is 0 Å². The molecule has 2 rings (SSSR count). The molecule has 2 N–H and O–H groups in total. The molecule has 6 nitrogen and oxygen atoms in total. The molecule has 0 saturated carbocycles. The van der Waals surface area contributed by atoms with Crippen LogP contribution in [0, 0.1) is 5.41 Å². The minimum absolute atomic E-state index is 0.0122. The number of anilines is 2. The molecule has 2 amide bonds. The van der Waals surface area contributed by atoms with Gasteiger partial charge in [0.2, 0.25) is 11.8 Å². The highest BCUT2D eigenvalue weighted by molar-refractivity contribution is 5.98. The van der Waals surface area contributed by atoms with Crippen LogP contribution < -0.4 is 15.4 Å². The number of benzene rings is 1. The molecular weight excluding hydrogens is 260 g/mol. The zero-order valence-electron chi connectivity index (χ0n) is 11.8. The monoisotopic (exact) mass is 278 g/mol. The van der Waals surface area contributed by atoms with E-state index in [1.165, 1.54) is 7.11 Å². The molecule has 108 valence electrons. The highest BCUT2D eigenvalue weighted by Crippen LogP contribution is 2.34. The number of amides is 2. The van der Waals surface area contributed by atoms with Crippen molar-refractivity contribution in [3.05, 3.63) is 18.2 Å². The van der Waals surface area contributed by atoms with Gasteiger partial charge in [0.05, 0.1) is 11.1 Å². The number of carbonyl (C=O) groups excluding carboxylic acids is 2. The average molecular weight is 278 g/mol. The second-order valence-electron chi connectivity index (χ2n) is 5.32. The molecule has 1 aromatic rings. The van der Waals surface area contributed by atoms with Crippen molar-refractivity contribution in [2.24, 2.45) is 5.41 Å². The fraction of sp³-hybridized carbons (Fsp3) is 0.429. The largest absolute Gasteiger partial charge is 0.490 e. The summed E-state index contributed by atoms with van der Waals surface area (Å²) in [6, 6.07) is 5.09. The number of nitrogens with one attached hydrogen (secondary N) is 2. The molecule has 0 radical (unpaired) electrons. The number of hydrogen-bond acceptors (Lipinski definition) is 4. The standard InChI is InChI=1S/C14H18N2O4/c1-14(2)8-20-11-6-9(15-12(17)7-19-3)4-5-10(11)16-13(14)18/h4-6H,7-8H2,1-3H3,(H,15,17)(H,16,18). The van der Waals surface area contributed by atoms with Gasteiger partial charge in [0.25, 0.3) is 0 Å². The Balaban J connectivity index is 2.19. The lowest BCUT2D eigenvalue weighted by atomic mass is 9.94. The van der Waals surface area contributed by atoms with E-state index in [-0.39, 0.29) is 25.0 Å². The fourth-order valence-electron chi connectivity index (χ4n) is 1.77. The molecule has 1 aliphatic rings. The van der Waals surface area contributed by atoms with E-state index in [9.17, 15) is 9.59 Å². The average Bonchev–Trinajstić information content (AvgIpc) is 2.48. The van der Waals surface area contributed by atoms with Crippen molar-refractivity contribution in [1.29, 1.82) is 0 Å². The van der Waals surface area contributed by atoms with E-state index in [4.69, 9.17) is 9.47 Å². The Hall–Kier alpha value is -2.08. The minimum Gasteiger partial charge on any atom is -0.490 e. The summed E-state index contributed by atoms with van der Waals surface area (Å²) in [7, 11) is 1.46.